The number of hydrogen-bond donors (Lipinski definition) is 0. The summed E-state index contributed by atoms with van der Waals surface area (Å²) in [5, 5.41) is 0. The predicted molar refractivity (Wildman–Crippen MR) is 53.3 cm³/mol. The molecule has 0 aromatic heterocycles. The van der Waals surface area contributed by atoms with Crippen LogP contribution in [-0.4, -0.2) is 56.0 Å². The maximum absolute atomic E-state index is 11.6. The predicted octanol–water partition coefficient (Wildman–Crippen LogP) is -0.500. The molecule has 1 saturated heterocycles. The largest absolute Gasteiger partial charge is 0.343 e. The first-order valence-electron chi connectivity index (χ1n) is 4.77. The van der Waals surface area contributed by atoms with Gasteiger partial charge in [0.05, 0.1) is 5.75 Å². The minimum absolute atomic E-state index is 0.202. The summed E-state index contributed by atoms with van der Waals surface area (Å²) >= 11 is 0. The summed E-state index contributed by atoms with van der Waals surface area (Å²) in [7, 11) is -3.07. The monoisotopic (exact) mass is 220 g/mol. The molecule has 0 bridgehead atoms. The van der Waals surface area contributed by atoms with Crippen LogP contribution in [0.15, 0.2) is 0 Å². The molecule has 0 N–H and O–H groups in total. The van der Waals surface area contributed by atoms with E-state index in [2.05, 4.69) is 0 Å². The first-order valence-corrected chi connectivity index (χ1v) is 6.38. The van der Waals surface area contributed by atoms with E-state index < -0.39 is 10.0 Å². The van der Waals surface area contributed by atoms with E-state index in [0.717, 1.165) is 6.41 Å². The molecule has 1 aliphatic heterocycles. The molecule has 0 aliphatic carbocycles. The molecule has 1 heterocycles. The molecule has 14 heavy (non-hydrogen) atoms. The Labute approximate surface area is 84.7 Å². The zero-order chi connectivity index (χ0) is 10.6. The Bertz CT molecular complexity index is 281. The smallest absolute Gasteiger partial charge is 0.214 e. The second kappa shape index (κ2) is 4.75. The van der Waals surface area contributed by atoms with Gasteiger partial charge in [-0.25, -0.2) is 8.42 Å². The van der Waals surface area contributed by atoms with E-state index in [-0.39, 0.29) is 5.75 Å². The molecule has 1 rings (SSSR count). The third-order valence-corrected chi connectivity index (χ3v) is 4.35. The standard InChI is InChI=1S/C8H16N2O3S/c1-2-7-14(12,13)10-5-3-9(8-11)4-6-10/h8H,2-7H2,1H3. The van der Waals surface area contributed by atoms with Crippen LogP contribution < -0.4 is 0 Å². The molecule has 1 aliphatic rings. The average molecular weight is 220 g/mol. The summed E-state index contributed by atoms with van der Waals surface area (Å²) in [6.45, 7) is 3.72. The Hall–Kier alpha value is -0.620. The Morgan fingerprint density at radius 3 is 2.21 bits per heavy atom. The molecule has 1 fully saturated rings. The minimum atomic E-state index is -3.07. The lowest BCUT2D eigenvalue weighted by molar-refractivity contribution is -0.119. The van der Waals surface area contributed by atoms with Gasteiger partial charge in [0.25, 0.3) is 0 Å². The molecule has 1 amide bonds. The van der Waals surface area contributed by atoms with Gasteiger partial charge in [0.15, 0.2) is 0 Å². The summed E-state index contributed by atoms with van der Waals surface area (Å²) in [4.78, 5) is 12.0. The Balaban J connectivity index is 2.53. The van der Waals surface area contributed by atoms with Crippen molar-refractivity contribution in [1.29, 1.82) is 0 Å². The molecule has 0 unspecified atom stereocenters. The second-order valence-electron chi connectivity index (χ2n) is 3.36. The summed E-state index contributed by atoms with van der Waals surface area (Å²) in [6.07, 6.45) is 1.40. The van der Waals surface area contributed by atoms with Crippen molar-refractivity contribution < 1.29 is 13.2 Å². The van der Waals surface area contributed by atoms with Crippen LogP contribution in [0, 0.1) is 0 Å². The van der Waals surface area contributed by atoms with Gasteiger partial charge in [-0.05, 0) is 6.42 Å². The minimum Gasteiger partial charge on any atom is -0.343 e. The number of carbonyl (C=O) groups excluding carboxylic acids is 1. The van der Waals surface area contributed by atoms with Crippen LogP contribution in [0.25, 0.3) is 0 Å². The molecule has 0 spiro atoms. The van der Waals surface area contributed by atoms with Crippen molar-refractivity contribution in [2.24, 2.45) is 0 Å². The molecule has 5 nitrogen and oxygen atoms in total. The molecule has 0 aromatic rings. The highest BCUT2D eigenvalue weighted by Gasteiger charge is 2.25. The van der Waals surface area contributed by atoms with E-state index in [1.807, 2.05) is 6.92 Å². The van der Waals surface area contributed by atoms with E-state index >= 15 is 0 Å². The van der Waals surface area contributed by atoms with Crippen molar-refractivity contribution in [1.82, 2.24) is 9.21 Å². The van der Waals surface area contributed by atoms with Gasteiger partial charge < -0.3 is 4.90 Å². The number of amides is 1. The van der Waals surface area contributed by atoms with Crippen LogP contribution in [0.2, 0.25) is 0 Å². The number of rotatable bonds is 4. The van der Waals surface area contributed by atoms with Crippen LogP contribution in [0.4, 0.5) is 0 Å². The number of piperazine rings is 1. The van der Waals surface area contributed by atoms with Gasteiger partial charge in [0.2, 0.25) is 16.4 Å². The van der Waals surface area contributed by atoms with E-state index in [0.29, 0.717) is 32.6 Å². The zero-order valence-corrected chi connectivity index (χ0v) is 9.16. The molecular weight excluding hydrogens is 204 g/mol. The van der Waals surface area contributed by atoms with Crippen molar-refractivity contribution >= 4 is 16.4 Å². The van der Waals surface area contributed by atoms with Crippen molar-refractivity contribution in [3.05, 3.63) is 0 Å². The van der Waals surface area contributed by atoms with E-state index in [1.54, 1.807) is 4.90 Å². The lowest BCUT2D eigenvalue weighted by Gasteiger charge is -2.31. The molecule has 6 heteroatoms. The van der Waals surface area contributed by atoms with Crippen LogP contribution in [0.3, 0.4) is 0 Å². The van der Waals surface area contributed by atoms with Gasteiger partial charge in [-0.1, -0.05) is 6.92 Å². The SMILES string of the molecule is CCCS(=O)(=O)N1CCN(C=O)CC1. The maximum atomic E-state index is 11.6. The lowest BCUT2D eigenvalue weighted by atomic mass is 10.4. The maximum Gasteiger partial charge on any atom is 0.214 e. The van der Waals surface area contributed by atoms with E-state index in [4.69, 9.17) is 0 Å². The van der Waals surface area contributed by atoms with E-state index in [9.17, 15) is 13.2 Å². The van der Waals surface area contributed by atoms with Crippen molar-refractivity contribution in [3.8, 4) is 0 Å². The van der Waals surface area contributed by atoms with Crippen LogP contribution >= 0.6 is 0 Å². The van der Waals surface area contributed by atoms with Crippen molar-refractivity contribution in [3.63, 3.8) is 0 Å². The molecule has 0 aromatic carbocycles. The van der Waals surface area contributed by atoms with Gasteiger partial charge in [-0.3, -0.25) is 4.79 Å². The fraction of sp³-hybridized carbons (Fsp3) is 0.875. The van der Waals surface area contributed by atoms with Crippen LogP contribution in [0.5, 0.6) is 0 Å². The quantitative estimate of drug-likeness (QED) is 0.600. The first-order chi connectivity index (χ1) is 6.60. The van der Waals surface area contributed by atoms with Crippen LogP contribution in [0.1, 0.15) is 13.3 Å². The van der Waals surface area contributed by atoms with Gasteiger partial charge in [-0.15, -0.1) is 0 Å². The summed E-state index contributed by atoms with van der Waals surface area (Å²) in [5.41, 5.74) is 0. The fourth-order valence-electron chi connectivity index (χ4n) is 1.47. The Morgan fingerprint density at radius 2 is 1.79 bits per heavy atom. The number of nitrogens with zero attached hydrogens (tertiary/aromatic N) is 2. The topological polar surface area (TPSA) is 57.7 Å². The van der Waals surface area contributed by atoms with Gasteiger partial charge in [0, 0.05) is 26.2 Å². The molecule has 0 atom stereocenters. The lowest BCUT2D eigenvalue weighted by Crippen LogP contribution is -2.48. The third-order valence-electron chi connectivity index (χ3n) is 2.28. The van der Waals surface area contributed by atoms with Crippen molar-refractivity contribution in [2.75, 3.05) is 31.9 Å². The molecular formula is C8H16N2O3S. The Morgan fingerprint density at radius 1 is 1.21 bits per heavy atom. The second-order valence-corrected chi connectivity index (χ2v) is 5.44. The van der Waals surface area contributed by atoms with Crippen molar-refractivity contribution in [2.45, 2.75) is 13.3 Å². The zero-order valence-electron chi connectivity index (χ0n) is 8.35. The highest BCUT2D eigenvalue weighted by molar-refractivity contribution is 7.89. The third kappa shape index (κ3) is 2.68. The van der Waals surface area contributed by atoms with Crippen LogP contribution in [-0.2, 0) is 14.8 Å². The fourth-order valence-corrected chi connectivity index (χ4v) is 2.97. The molecule has 0 saturated carbocycles. The summed E-state index contributed by atoms with van der Waals surface area (Å²) < 4.78 is 24.7. The molecule has 0 radical (unpaired) electrons. The highest BCUT2D eigenvalue weighted by atomic mass is 32.2. The molecule has 82 valence electrons. The first kappa shape index (κ1) is 11.5. The Kier molecular flexibility index (Phi) is 3.88. The van der Waals surface area contributed by atoms with Gasteiger partial charge >= 0.3 is 0 Å². The average Bonchev–Trinajstić information content (AvgIpc) is 2.18. The normalized spacial score (nSPS) is 19.6. The van der Waals surface area contributed by atoms with Gasteiger partial charge in [-0.2, -0.15) is 4.31 Å². The number of carbonyl (C=O) groups is 1. The number of hydrogen-bond acceptors (Lipinski definition) is 3. The number of sulfonamides is 1. The summed E-state index contributed by atoms with van der Waals surface area (Å²) in [6, 6.07) is 0. The highest BCUT2D eigenvalue weighted by Crippen LogP contribution is 2.07. The summed E-state index contributed by atoms with van der Waals surface area (Å²) in [5.74, 6) is 0.202. The van der Waals surface area contributed by atoms with E-state index in [1.165, 1.54) is 4.31 Å². The van der Waals surface area contributed by atoms with Gasteiger partial charge in [0.1, 0.15) is 0 Å².